The van der Waals surface area contributed by atoms with Gasteiger partial charge in [0.2, 0.25) is 6.79 Å². The average molecular weight is 407 g/mol. The molecule has 0 radical (unpaired) electrons. The van der Waals surface area contributed by atoms with Gasteiger partial charge in [-0.3, -0.25) is 4.79 Å². The summed E-state index contributed by atoms with van der Waals surface area (Å²) in [5.41, 5.74) is 7.73. The molecule has 152 valence electrons. The van der Waals surface area contributed by atoms with E-state index in [9.17, 15) is 14.7 Å². The van der Waals surface area contributed by atoms with Crippen LogP contribution in [0.15, 0.2) is 23.0 Å². The van der Waals surface area contributed by atoms with Crippen LogP contribution in [0.5, 0.6) is 11.5 Å². The molecule has 2 aromatic heterocycles. The van der Waals surface area contributed by atoms with Gasteiger partial charge in [0.15, 0.2) is 17.1 Å². The fourth-order valence-corrected chi connectivity index (χ4v) is 4.51. The molecule has 0 saturated heterocycles. The molecule has 3 N–H and O–H groups in total. The van der Waals surface area contributed by atoms with Crippen LogP contribution >= 0.6 is 0 Å². The van der Waals surface area contributed by atoms with Crippen molar-refractivity contribution in [3.63, 3.8) is 0 Å². The molecule has 6 rings (SSSR count). The van der Waals surface area contributed by atoms with Gasteiger partial charge in [-0.05, 0) is 18.6 Å². The number of hydrogen-bond acceptors (Lipinski definition) is 8. The highest BCUT2D eigenvalue weighted by molar-refractivity contribution is 5.98. The van der Waals surface area contributed by atoms with E-state index in [4.69, 9.17) is 24.9 Å². The van der Waals surface area contributed by atoms with E-state index in [-0.39, 0.29) is 30.9 Å². The quantitative estimate of drug-likeness (QED) is 0.358. The van der Waals surface area contributed by atoms with Gasteiger partial charge in [-0.15, -0.1) is 0 Å². The number of hydrogen-bond donors (Lipinski definition) is 2. The molecule has 0 amide bonds. The summed E-state index contributed by atoms with van der Waals surface area (Å²) in [5.74, 6) is 0.277. The molecule has 1 atom stereocenters. The molecule has 3 aromatic rings. The number of rotatable bonds is 1. The number of ether oxygens (including phenoxy) is 3. The number of pyridine rings is 2. The minimum Gasteiger partial charge on any atom is -0.458 e. The summed E-state index contributed by atoms with van der Waals surface area (Å²) in [7, 11) is 0. The van der Waals surface area contributed by atoms with Crippen LogP contribution in [-0.2, 0) is 28.3 Å². The summed E-state index contributed by atoms with van der Waals surface area (Å²) in [6.45, 7) is 1.93. The van der Waals surface area contributed by atoms with Gasteiger partial charge in [-0.2, -0.15) is 0 Å². The first kappa shape index (κ1) is 17.3. The zero-order chi connectivity index (χ0) is 20.8. The van der Waals surface area contributed by atoms with Crippen molar-refractivity contribution in [2.24, 2.45) is 0 Å². The zero-order valence-electron chi connectivity index (χ0n) is 16.0. The van der Waals surface area contributed by atoms with Gasteiger partial charge in [0.05, 0.1) is 34.7 Å². The van der Waals surface area contributed by atoms with E-state index in [1.54, 1.807) is 23.6 Å². The van der Waals surface area contributed by atoms with Crippen LogP contribution in [0, 0.1) is 0 Å². The summed E-state index contributed by atoms with van der Waals surface area (Å²) in [6.07, 6.45) is 0.0970. The van der Waals surface area contributed by atoms with E-state index in [1.807, 2.05) is 6.07 Å². The third-order valence-electron chi connectivity index (χ3n) is 6.19. The monoisotopic (exact) mass is 407 g/mol. The maximum atomic E-state index is 13.2. The van der Waals surface area contributed by atoms with Crippen LogP contribution in [-0.4, -0.2) is 27.4 Å². The number of aliphatic hydroxyl groups is 1. The van der Waals surface area contributed by atoms with Crippen molar-refractivity contribution in [3.8, 4) is 22.9 Å². The van der Waals surface area contributed by atoms with Gasteiger partial charge in [0.25, 0.3) is 5.56 Å². The van der Waals surface area contributed by atoms with Crippen LogP contribution in [0.3, 0.4) is 0 Å². The highest BCUT2D eigenvalue weighted by Gasteiger charge is 2.45. The molecule has 0 aliphatic carbocycles. The van der Waals surface area contributed by atoms with Crippen molar-refractivity contribution in [2.45, 2.75) is 32.1 Å². The number of carbonyl (C=O) groups is 1. The van der Waals surface area contributed by atoms with Gasteiger partial charge in [0, 0.05) is 22.6 Å². The Morgan fingerprint density at radius 2 is 2.07 bits per heavy atom. The Bertz CT molecular complexity index is 1360. The number of esters is 1. The minimum atomic E-state index is -1.85. The number of fused-ring (bicyclic) bond motifs is 6. The van der Waals surface area contributed by atoms with Gasteiger partial charge in [0.1, 0.15) is 6.61 Å². The number of aromatic nitrogens is 2. The van der Waals surface area contributed by atoms with E-state index >= 15 is 0 Å². The van der Waals surface area contributed by atoms with Crippen LogP contribution in [0.4, 0.5) is 5.69 Å². The molecule has 9 nitrogen and oxygen atoms in total. The number of nitrogen functional groups attached to an aromatic ring is 1. The van der Waals surface area contributed by atoms with Crippen LogP contribution in [0.2, 0.25) is 0 Å². The first-order valence-electron chi connectivity index (χ1n) is 9.61. The molecule has 3 aliphatic rings. The molecule has 0 saturated carbocycles. The second-order valence-corrected chi connectivity index (χ2v) is 7.69. The number of anilines is 1. The number of cyclic esters (lactones) is 1. The van der Waals surface area contributed by atoms with Gasteiger partial charge < -0.3 is 29.6 Å². The molecule has 9 heteroatoms. The molecular formula is C21H17N3O6. The highest BCUT2D eigenvalue weighted by Crippen LogP contribution is 2.45. The van der Waals surface area contributed by atoms with E-state index < -0.39 is 11.6 Å². The van der Waals surface area contributed by atoms with Gasteiger partial charge >= 0.3 is 5.97 Å². The van der Waals surface area contributed by atoms with E-state index in [1.165, 1.54) is 0 Å². The Morgan fingerprint density at radius 3 is 2.87 bits per heavy atom. The van der Waals surface area contributed by atoms with E-state index in [0.29, 0.717) is 51.6 Å². The summed E-state index contributed by atoms with van der Waals surface area (Å²) in [6, 6.07) is 5.34. The summed E-state index contributed by atoms with van der Waals surface area (Å²) < 4.78 is 17.6. The van der Waals surface area contributed by atoms with Gasteiger partial charge in [-0.1, -0.05) is 6.92 Å². The highest BCUT2D eigenvalue weighted by atomic mass is 16.7. The van der Waals surface area contributed by atoms with Crippen molar-refractivity contribution < 1.29 is 24.1 Å². The fourth-order valence-electron chi connectivity index (χ4n) is 4.51. The summed E-state index contributed by atoms with van der Waals surface area (Å²) >= 11 is 0. The van der Waals surface area contributed by atoms with Crippen molar-refractivity contribution in [1.29, 1.82) is 0 Å². The molecule has 1 aromatic carbocycles. The number of nitrogens with zero attached hydrogens (tertiary/aromatic N) is 2. The lowest BCUT2D eigenvalue weighted by atomic mass is 9.86. The maximum Gasteiger partial charge on any atom is 0.343 e. The standard InChI is InChI=1S/C21H17N3O6/c1-2-21(27)12-4-14-17-9(6-24(14)19(25)11(12)7-28-20(21)26)3-10-13(23-17)5-15-18(16(10)22)30-8-29-15/h3-5,27H,2,6-8,22H2,1H3. The summed E-state index contributed by atoms with van der Waals surface area (Å²) in [5, 5.41) is 11.6. The van der Waals surface area contributed by atoms with Crippen molar-refractivity contribution >= 4 is 22.6 Å². The SMILES string of the molecule is CCC1(O)C(=O)OCc2c1cc1n(c2=O)Cc2cc3c(N)c4c(cc3nc2-1)OCO4. The fraction of sp³-hybridized carbons (Fsp3) is 0.286. The molecular weight excluding hydrogens is 390 g/mol. The average Bonchev–Trinajstić information content (AvgIpc) is 3.35. The smallest absolute Gasteiger partial charge is 0.343 e. The van der Waals surface area contributed by atoms with Crippen molar-refractivity contribution in [1.82, 2.24) is 9.55 Å². The van der Waals surface area contributed by atoms with Crippen molar-refractivity contribution in [2.75, 3.05) is 12.5 Å². The minimum absolute atomic E-state index is 0.0970. The van der Waals surface area contributed by atoms with Crippen LogP contribution in [0.1, 0.15) is 30.0 Å². The molecule has 3 aliphatic heterocycles. The normalized spacial score (nSPS) is 20.7. The Kier molecular flexibility index (Phi) is 3.18. The third-order valence-corrected chi connectivity index (χ3v) is 6.19. The second kappa shape index (κ2) is 5.51. The lowest BCUT2D eigenvalue weighted by molar-refractivity contribution is -0.172. The maximum absolute atomic E-state index is 13.2. The molecule has 5 heterocycles. The molecule has 0 fully saturated rings. The van der Waals surface area contributed by atoms with Crippen molar-refractivity contribution in [3.05, 3.63) is 45.2 Å². The molecule has 0 bridgehead atoms. The van der Waals surface area contributed by atoms with Crippen LogP contribution < -0.4 is 20.8 Å². The third kappa shape index (κ3) is 1.97. The van der Waals surface area contributed by atoms with Gasteiger partial charge in [-0.25, -0.2) is 9.78 Å². The first-order valence-corrected chi connectivity index (χ1v) is 9.61. The largest absolute Gasteiger partial charge is 0.458 e. The molecule has 1 unspecified atom stereocenters. The summed E-state index contributed by atoms with van der Waals surface area (Å²) in [4.78, 5) is 30.2. The molecule has 0 spiro atoms. The topological polar surface area (TPSA) is 126 Å². The Morgan fingerprint density at radius 1 is 1.23 bits per heavy atom. The first-order chi connectivity index (χ1) is 14.4. The zero-order valence-corrected chi connectivity index (χ0v) is 16.0. The Labute approximate surface area is 169 Å². The number of nitrogens with two attached hydrogens (primary N) is 1. The van der Waals surface area contributed by atoms with Crippen LogP contribution in [0.25, 0.3) is 22.3 Å². The predicted octanol–water partition coefficient (Wildman–Crippen LogP) is 1.39. The predicted molar refractivity (Wildman–Crippen MR) is 105 cm³/mol. The lowest BCUT2D eigenvalue weighted by Gasteiger charge is -2.31. The van der Waals surface area contributed by atoms with E-state index in [2.05, 4.69) is 0 Å². The Hall–Kier alpha value is -3.59. The molecule has 30 heavy (non-hydrogen) atoms. The second-order valence-electron chi connectivity index (χ2n) is 7.69. The number of carbonyl (C=O) groups excluding carboxylic acids is 1. The lowest BCUT2D eigenvalue weighted by Crippen LogP contribution is -2.44. The number of benzene rings is 1. The van der Waals surface area contributed by atoms with E-state index in [0.717, 1.165) is 5.56 Å². The Balaban J connectivity index is 1.62.